The van der Waals surface area contributed by atoms with Gasteiger partial charge in [-0.25, -0.2) is 9.97 Å². The van der Waals surface area contributed by atoms with Gasteiger partial charge in [-0.2, -0.15) is 0 Å². The quantitative estimate of drug-likeness (QED) is 0.856. The van der Waals surface area contributed by atoms with E-state index >= 15 is 0 Å². The SMILES string of the molecule is Cc1noc(C)c1CN1CCc2ncnc(N(C)C)c2C1. The summed E-state index contributed by atoms with van der Waals surface area (Å²) in [4.78, 5) is 13.3. The maximum atomic E-state index is 5.26. The van der Waals surface area contributed by atoms with Crippen molar-refractivity contribution < 1.29 is 4.52 Å². The molecule has 0 bridgehead atoms. The van der Waals surface area contributed by atoms with Crippen molar-refractivity contribution in [1.82, 2.24) is 20.0 Å². The zero-order chi connectivity index (χ0) is 15.0. The highest BCUT2D eigenvalue weighted by molar-refractivity contribution is 5.48. The van der Waals surface area contributed by atoms with E-state index in [4.69, 9.17) is 4.52 Å². The van der Waals surface area contributed by atoms with Crippen LogP contribution in [-0.2, 0) is 19.5 Å². The zero-order valence-corrected chi connectivity index (χ0v) is 13.1. The van der Waals surface area contributed by atoms with Crippen molar-refractivity contribution >= 4 is 5.82 Å². The van der Waals surface area contributed by atoms with Crippen molar-refractivity contribution in [2.24, 2.45) is 0 Å². The van der Waals surface area contributed by atoms with E-state index in [1.165, 1.54) is 16.8 Å². The monoisotopic (exact) mass is 287 g/mol. The Morgan fingerprint density at radius 1 is 1.29 bits per heavy atom. The first kappa shape index (κ1) is 14.0. The fraction of sp³-hybridized carbons (Fsp3) is 0.533. The van der Waals surface area contributed by atoms with Crippen LogP contribution in [0.15, 0.2) is 10.9 Å². The maximum Gasteiger partial charge on any atom is 0.138 e. The Balaban J connectivity index is 1.84. The van der Waals surface area contributed by atoms with Crippen molar-refractivity contribution in [1.29, 1.82) is 0 Å². The molecule has 3 rings (SSSR count). The van der Waals surface area contributed by atoms with E-state index in [9.17, 15) is 0 Å². The molecule has 112 valence electrons. The summed E-state index contributed by atoms with van der Waals surface area (Å²) in [5, 5.41) is 4.04. The van der Waals surface area contributed by atoms with Crippen LogP contribution in [0.25, 0.3) is 0 Å². The number of fused-ring (bicyclic) bond motifs is 1. The summed E-state index contributed by atoms with van der Waals surface area (Å²) in [6, 6.07) is 0. The van der Waals surface area contributed by atoms with Gasteiger partial charge in [0.25, 0.3) is 0 Å². The molecular weight excluding hydrogens is 266 g/mol. The first-order valence-corrected chi connectivity index (χ1v) is 7.20. The van der Waals surface area contributed by atoms with Crippen LogP contribution < -0.4 is 4.90 Å². The third-order valence-corrected chi connectivity index (χ3v) is 4.04. The van der Waals surface area contributed by atoms with E-state index in [0.29, 0.717) is 0 Å². The molecule has 0 radical (unpaired) electrons. The lowest BCUT2D eigenvalue weighted by molar-refractivity contribution is 0.241. The molecule has 6 nitrogen and oxygen atoms in total. The highest BCUT2D eigenvalue weighted by Crippen LogP contribution is 2.26. The second-order valence-corrected chi connectivity index (χ2v) is 5.78. The van der Waals surface area contributed by atoms with Crippen LogP contribution in [0.5, 0.6) is 0 Å². The molecule has 2 aromatic heterocycles. The minimum atomic E-state index is 0.863. The average Bonchev–Trinajstić information content (AvgIpc) is 2.78. The molecule has 0 saturated heterocycles. The van der Waals surface area contributed by atoms with Gasteiger partial charge in [0.05, 0.1) is 11.4 Å². The van der Waals surface area contributed by atoms with E-state index < -0.39 is 0 Å². The molecule has 0 unspecified atom stereocenters. The topological polar surface area (TPSA) is 58.3 Å². The van der Waals surface area contributed by atoms with E-state index in [0.717, 1.165) is 43.3 Å². The fourth-order valence-corrected chi connectivity index (χ4v) is 2.85. The van der Waals surface area contributed by atoms with E-state index in [1.807, 2.05) is 27.9 Å². The van der Waals surface area contributed by atoms with E-state index in [-0.39, 0.29) is 0 Å². The molecule has 6 heteroatoms. The number of aromatic nitrogens is 3. The Hall–Kier alpha value is -1.95. The standard InChI is InChI=1S/C15H21N5O/c1-10-12(11(2)21-18-10)7-20-6-5-14-13(8-20)15(19(3)4)17-9-16-14/h9H,5-8H2,1-4H3. The Kier molecular flexibility index (Phi) is 3.63. The van der Waals surface area contributed by atoms with E-state index in [2.05, 4.69) is 24.9 Å². The molecule has 2 aromatic rings. The van der Waals surface area contributed by atoms with Gasteiger partial charge in [-0.3, -0.25) is 4.90 Å². The smallest absolute Gasteiger partial charge is 0.138 e. The third-order valence-electron chi connectivity index (χ3n) is 4.04. The summed E-state index contributed by atoms with van der Waals surface area (Å²) in [7, 11) is 4.05. The first-order valence-electron chi connectivity index (χ1n) is 7.20. The molecule has 0 fully saturated rings. The Bertz CT molecular complexity index is 630. The molecule has 0 saturated carbocycles. The fourth-order valence-electron chi connectivity index (χ4n) is 2.85. The molecule has 1 aliphatic rings. The van der Waals surface area contributed by atoms with Crippen LogP contribution >= 0.6 is 0 Å². The van der Waals surface area contributed by atoms with Gasteiger partial charge in [-0.1, -0.05) is 5.16 Å². The molecule has 0 aliphatic carbocycles. The van der Waals surface area contributed by atoms with Gasteiger partial charge >= 0.3 is 0 Å². The lowest BCUT2D eigenvalue weighted by Gasteiger charge is -2.30. The average molecular weight is 287 g/mol. The van der Waals surface area contributed by atoms with Gasteiger partial charge in [-0.05, 0) is 13.8 Å². The van der Waals surface area contributed by atoms with Crippen molar-refractivity contribution in [3.63, 3.8) is 0 Å². The van der Waals surface area contributed by atoms with Crippen molar-refractivity contribution in [3.8, 4) is 0 Å². The lowest BCUT2D eigenvalue weighted by Crippen LogP contribution is -2.32. The van der Waals surface area contributed by atoms with Crippen molar-refractivity contribution in [2.75, 3.05) is 25.5 Å². The van der Waals surface area contributed by atoms with Crippen molar-refractivity contribution in [3.05, 3.63) is 34.6 Å². The van der Waals surface area contributed by atoms with Gasteiger partial charge in [0, 0.05) is 51.3 Å². The minimum Gasteiger partial charge on any atom is -0.362 e. The largest absolute Gasteiger partial charge is 0.362 e. The Morgan fingerprint density at radius 2 is 2.10 bits per heavy atom. The van der Waals surface area contributed by atoms with Crippen LogP contribution in [0.4, 0.5) is 5.82 Å². The number of aryl methyl sites for hydroxylation is 2. The van der Waals surface area contributed by atoms with Gasteiger partial charge in [0.1, 0.15) is 17.9 Å². The van der Waals surface area contributed by atoms with Crippen LogP contribution in [0.1, 0.15) is 28.3 Å². The van der Waals surface area contributed by atoms with Crippen LogP contribution in [0, 0.1) is 13.8 Å². The minimum absolute atomic E-state index is 0.863. The van der Waals surface area contributed by atoms with Crippen LogP contribution in [0.2, 0.25) is 0 Å². The summed E-state index contributed by atoms with van der Waals surface area (Å²) >= 11 is 0. The summed E-state index contributed by atoms with van der Waals surface area (Å²) < 4.78 is 5.26. The van der Waals surface area contributed by atoms with Crippen LogP contribution in [-0.4, -0.2) is 40.7 Å². The molecular formula is C15H21N5O. The zero-order valence-electron chi connectivity index (χ0n) is 13.1. The highest BCUT2D eigenvalue weighted by Gasteiger charge is 2.23. The number of rotatable bonds is 3. The molecule has 0 amide bonds. The molecule has 1 aliphatic heterocycles. The number of hydrogen-bond acceptors (Lipinski definition) is 6. The molecule has 0 spiro atoms. The number of nitrogens with zero attached hydrogens (tertiary/aromatic N) is 5. The summed E-state index contributed by atoms with van der Waals surface area (Å²) in [6.07, 6.45) is 2.63. The molecule has 0 aromatic carbocycles. The number of anilines is 1. The predicted molar refractivity (Wildman–Crippen MR) is 80.2 cm³/mol. The van der Waals surface area contributed by atoms with Gasteiger partial charge in [0.15, 0.2) is 0 Å². The molecule has 0 N–H and O–H groups in total. The second kappa shape index (κ2) is 5.44. The summed E-state index contributed by atoms with van der Waals surface area (Å²) in [5.74, 6) is 1.93. The first-order chi connectivity index (χ1) is 10.1. The van der Waals surface area contributed by atoms with Gasteiger partial charge in [-0.15, -0.1) is 0 Å². The summed E-state index contributed by atoms with van der Waals surface area (Å²) in [6.45, 7) is 6.71. The summed E-state index contributed by atoms with van der Waals surface area (Å²) in [5.41, 5.74) is 4.58. The van der Waals surface area contributed by atoms with Gasteiger partial charge in [0.2, 0.25) is 0 Å². The third kappa shape index (κ3) is 2.63. The van der Waals surface area contributed by atoms with Crippen molar-refractivity contribution in [2.45, 2.75) is 33.4 Å². The van der Waals surface area contributed by atoms with Gasteiger partial charge < -0.3 is 9.42 Å². The normalized spacial score (nSPS) is 15.0. The Morgan fingerprint density at radius 3 is 2.76 bits per heavy atom. The predicted octanol–water partition coefficient (Wildman–Crippen LogP) is 1.71. The lowest BCUT2D eigenvalue weighted by atomic mass is 10.0. The molecule has 3 heterocycles. The molecule has 21 heavy (non-hydrogen) atoms. The Labute approximate surface area is 124 Å². The molecule has 0 atom stereocenters. The van der Waals surface area contributed by atoms with Crippen LogP contribution in [0.3, 0.4) is 0 Å². The second-order valence-electron chi connectivity index (χ2n) is 5.78. The highest BCUT2D eigenvalue weighted by atomic mass is 16.5. The maximum absolute atomic E-state index is 5.26. The van der Waals surface area contributed by atoms with E-state index in [1.54, 1.807) is 6.33 Å². The number of hydrogen-bond donors (Lipinski definition) is 0.